The number of aliphatic hydroxyl groups is 2. The molecular weight excluding hydrogens is 444 g/mol. The van der Waals surface area contributed by atoms with E-state index in [1.54, 1.807) is 6.08 Å². The molecule has 1 heterocycles. The van der Waals surface area contributed by atoms with Crippen molar-refractivity contribution < 1.29 is 29.3 Å². The molecule has 0 spiro atoms. The first kappa shape index (κ1) is 24.0. The number of carbonyl (C=O) groups is 2. The molecule has 35 heavy (non-hydrogen) atoms. The molecule has 0 radical (unpaired) electrons. The summed E-state index contributed by atoms with van der Waals surface area (Å²) in [6, 6.07) is 9.42. The van der Waals surface area contributed by atoms with E-state index in [-0.39, 0.29) is 17.8 Å². The highest BCUT2D eigenvalue weighted by Gasteiger charge is 2.72. The zero-order valence-corrected chi connectivity index (χ0v) is 20.7. The third-order valence-electron chi connectivity index (χ3n) is 9.29. The lowest BCUT2D eigenvalue weighted by molar-refractivity contribution is -0.310. The van der Waals surface area contributed by atoms with Crippen LogP contribution in [0.15, 0.2) is 59.9 Å². The van der Waals surface area contributed by atoms with Crippen LogP contribution in [0.3, 0.4) is 0 Å². The summed E-state index contributed by atoms with van der Waals surface area (Å²) in [6.07, 6.45) is 6.53. The highest BCUT2D eigenvalue weighted by atomic mass is 16.6. The van der Waals surface area contributed by atoms with Crippen LogP contribution < -0.4 is 0 Å². The van der Waals surface area contributed by atoms with Gasteiger partial charge < -0.3 is 19.7 Å². The summed E-state index contributed by atoms with van der Waals surface area (Å²) in [5, 5.41) is 24.3. The number of benzene rings is 1. The van der Waals surface area contributed by atoms with E-state index >= 15 is 0 Å². The molecule has 2 fully saturated rings. The molecule has 2 saturated carbocycles. The Balaban J connectivity index is 1.57. The Hall–Kier alpha value is -2.70. The SMILES string of the molecule is C[C@H]1C2=CC(=O)OC2=C[C@H]2[C@H]1[C@@H](O)[C@@H](OC(=O)C=Cc1ccccc1)[C@@]1(O)C(C)(C)CCC[C@]21C. The van der Waals surface area contributed by atoms with Crippen LogP contribution >= 0.6 is 0 Å². The van der Waals surface area contributed by atoms with E-state index in [0.29, 0.717) is 12.2 Å². The van der Waals surface area contributed by atoms with E-state index in [4.69, 9.17) is 9.47 Å². The summed E-state index contributed by atoms with van der Waals surface area (Å²) in [5.74, 6) is -1.27. The molecule has 0 unspecified atom stereocenters. The first-order chi connectivity index (χ1) is 16.5. The zero-order chi connectivity index (χ0) is 25.2. The summed E-state index contributed by atoms with van der Waals surface area (Å²) < 4.78 is 11.4. The number of rotatable bonds is 3. The second-order valence-corrected chi connectivity index (χ2v) is 11.5. The number of hydrogen-bond acceptors (Lipinski definition) is 6. The van der Waals surface area contributed by atoms with Crippen molar-refractivity contribution in [3.63, 3.8) is 0 Å². The van der Waals surface area contributed by atoms with Crippen LogP contribution in [-0.2, 0) is 19.1 Å². The molecule has 4 aliphatic rings. The lowest BCUT2D eigenvalue weighted by atomic mass is 9.40. The van der Waals surface area contributed by atoms with Crippen LogP contribution in [-0.4, -0.2) is 40.0 Å². The Morgan fingerprint density at radius 3 is 2.60 bits per heavy atom. The predicted octanol–water partition coefficient (Wildman–Crippen LogP) is 4.18. The maximum Gasteiger partial charge on any atom is 0.336 e. The van der Waals surface area contributed by atoms with Crippen LogP contribution in [0.5, 0.6) is 0 Å². The molecule has 0 amide bonds. The van der Waals surface area contributed by atoms with E-state index in [0.717, 1.165) is 24.0 Å². The van der Waals surface area contributed by atoms with Gasteiger partial charge >= 0.3 is 11.9 Å². The van der Waals surface area contributed by atoms with Gasteiger partial charge in [0.15, 0.2) is 6.10 Å². The third kappa shape index (κ3) is 3.45. The van der Waals surface area contributed by atoms with Crippen LogP contribution in [0.25, 0.3) is 6.08 Å². The van der Waals surface area contributed by atoms with E-state index in [9.17, 15) is 19.8 Å². The highest BCUT2D eigenvalue weighted by molar-refractivity contribution is 5.89. The van der Waals surface area contributed by atoms with Crippen molar-refractivity contribution in [1.82, 2.24) is 0 Å². The van der Waals surface area contributed by atoms with Crippen molar-refractivity contribution in [2.45, 2.75) is 64.8 Å². The minimum atomic E-state index is -1.49. The van der Waals surface area contributed by atoms with E-state index in [1.165, 1.54) is 12.2 Å². The molecule has 186 valence electrons. The molecule has 1 aromatic rings. The summed E-state index contributed by atoms with van der Waals surface area (Å²) in [7, 11) is 0. The second-order valence-electron chi connectivity index (χ2n) is 11.5. The van der Waals surface area contributed by atoms with Crippen LogP contribution in [0.4, 0.5) is 0 Å². The molecular formula is C29H34O6. The summed E-state index contributed by atoms with van der Waals surface area (Å²) in [4.78, 5) is 25.1. The van der Waals surface area contributed by atoms with Gasteiger partial charge in [-0.1, -0.05) is 64.4 Å². The van der Waals surface area contributed by atoms with Crippen molar-refractivity contribution >= 4 is 18.0 Å². The number of carbonyl (C=O) groups excluding carboxylic acids is 2. The van der Waals surface area contributed by atoms with Gasteiger partial charge in [0, 0.05) is 29.1 Å². The first-order valence-electron chi connectivity index (χ1n) is 12.5. The highest BCUT2D eigenvalue weighted by Crippen LogP contribution is 2.67. The Bertz CT molecular complexity index is 1130. The number of fused-ring (bicyclic) bond motifs is 4. The lowest BCUT2D eigenvalue weighted by Gasteiger charge is -2.68. The van der Waals surface area contributed by atoms with Crippen LogP contribution in [0.1, 0.15) is 52.5 Å². The number of allylic oxidation sites excluding steroid dienone is 2. The molecule has 0 saturated heterocycles. The number of ether oxygens (including phenoxy) is 2. The molecule has 0 aromatic heterocycles. The second kappa shape index (κ2) is 8.17. The number of aliphatic hydroxyl groups excluding tert-OH is 1. The van der Waals surface area contributed by atoms with Crippen molar-refractivity contribution in [2.24, 2.45) is 28.6 Å². The maximum absolute atomic E-state index is 13.0. The molecule has 5 rings (SSSR count). The average molecular weight is 479 g/mol. The zero-order valence-electron chi connectivity index (χ0n) is 20.7. The fourth-order valence-corrected chi connectivity index (χ4v) is 7.47. The van der Waals surface area contributed by atoms with Crippen LogP contribution in [0, 0.1) is 28.6 Å². The molecule has 2 N–H and O–H groups in total. The Labute approximate surface area is 206 Å². The van der Waals surface area contributed by atoms with Gasteiger partial charge in [-0.25, -0.2) is 9.59 Å². The Morgan fingerprint density at radius 2 is 1.89 bits per heavy atom. The topological polar surface area (TPSA) is 93.1 Å². The quantitative estimate of drug-likeness (QED) is 0.500. The molecule has 1 aliphatic heterocycles. The molecule has 6 nitrogen and oxygen atoms in total. The Kier molecular flexibility index (Phi) is 5.61. The standard InChI is InChI=1S/C29H34O6/c1-17-19-15-23(31)34-21(19)16-20-24(17)25(32)26(29(33)27(2,3)13-8-14-28(20,29)4)35-22(30)12-11-18-9-6-5-7-10-18/h5-7,9-12,15-17,20,24-26,32-33H,8,13-14H2,1-4H3/t17-,20-,24-,25+,26+,28+,29+/m0/s1. The van der Waals surface area contributed by atoms with Gasteiger partial charge in [-0.05, 0) is 47.8 Å². The fraction of sp³-hybridized carbons (Fsp3) is 0.517. The van der Waals surface area contributed by atoms with Gasteiger partial charge in [-0.15, -0.1) is 0 Å². The Morgan fingerprint density at radius 1 is 1.17 bits per heavy atom. The first-order valence-corrected chi connectivity index (χ1v) is 12.5. The predicted molar refractivity (Wildman–Crippen MR) is 130 cm³/mol. The monoisotopic (exact) mass is 478 g/mol. The molecule has 0 bridgehead atoms. The van der Waals surface area contributed by atoms with E-state index in [1.807, 2.05) is 64.1 Å². The van der Waals surface area contributed by atoms with E-state index < -0.39 is 40.6 Å². The summed E-state index contributed by atoms with van der Waals surface area (Å²) in [6.45, 7) is 7.97. The van der Waals surface area contributed by atoms with E-state index in [2.05, 4.69) is 0 Å². The molecule has 1 aromatic carbocycles. The van der Waals surface area contributed by atoms with Crippen molar-refractivity contribution in [2.75, 3.05) is 0 Å². The maximum atomic E-state index is 13.0. The minimum Gasteiger partial charge on any atom is -0.453 e. The van der Waals surface area contributed by atoms with Gasteiger partial charge in [0.25, 0.3) is 0 Å². The fourth-order valence-electron chi connectivity index (χ4n) is 7.47. The molecule has 6 heteroatoms. The van der Waals surface area contributed by atoms with Crippen molar-refractivity contribution in [1.29, 1.82) is 0 Å². The number of esters is 2. The smallest absolute Gasteiger partial charge is 0.336 e. The largest absolute Gasteiger partial charge is 0.453 e. The molecule has 3 aliphatic carbocycles. The van der Waals surface area contributed by atoms with Gasteiger partial charge in [0.05, 0.1) is 6.10 Å². The minimum absolute atomic E-state index is 0.200. The average Bonchev–Trinajstić information content (AvgIpc) is 3.19. The van der Waals surface area contributed by atoms with Crippen molar-refractivity contribution in [3.05, 3.63) is 65.5 Å². The van der Waals surface area contributed by atoms with Gasteiger partial charge in [-0.3, -0.25) is 0 Å². The van der Waals surface area contributed by atoms with Crippen molar-refractivity contribution in [3.8, 4) is 0 Å². The normalized spacial score (nSPS) is 39.6. The van der Waals surface area contributed by atoms with Gasteiger partial charge in [-0.2, -0.15) is 0 Å². The van der Waals surface area contributed by atoms with Gasteiger partial charge in [0.2, 0.25) is 0 Å². The summed E-state index contributed by atoms with van der Waals surface area (Å²) >= 11 is 0. The van der Waals surface area contributed by atoms with Crippen LogP contribution in [0.2, 0.25) is 0 Å². The lowest BCUT2D eigenvalue weighted by Crippen LogP contribution is -2.76. The van der Waals surface area contributed by atoms with Gasteiger partial charge in [0.1, 0.15) is 11.4 Å². The number of hydrogen-bond donors (Lipinski definition) is 2. The molecule has 7 atom stereocenters. The summed E-state index contributed by atoms with van der Waals surface area (Å²) in [5.41, 5.74) is -1.20. The third-order valence-corrected chi connectivity index (χ3v) is 9.29.